The van der Waals surface area contributed by atoms with E-state index in [1.165, 1.54) is 6.20 Å². The number of nitrogens with zero attached hydrogens (tertiary/aromatic N) is 1. The van der Waals surface area contributed by atoms with Gasteiger partial charge in [0.2, 0.25) is 5.88 Å². The van der Waals surface area contributed by atoms with E-state index in [1.54, 1.807) is 12.1 Å². The largest absolute Gasteiger partial charge is 0.499 e. The summed E-state index contributed by atoms with van der Waals surface area (Å²) in [5.74, 6) is 0.130. The summed E-state index contributed by atoms with van der Waals surface area (Å²) in [7, 11) is 15.5. The Bertz CT molecular complexity index is 274. The van der Waals surface area contributed by atoms with Crippen LogP contribution in [0.1, 0.15) is 0 Å². The minimum atomic E-state index is -1.75. The van der Waals surface area contributed by atoms with Crippen molar-refractivity contribution < 1.29 is 4.74 Å². The lowest BCUT2D eigenvalue weighted by Crippen LogP contribution is -2.38. The Morgan fingerprint density at radius 1 is 1.42 bits per heavy atom. The van der Waals surface area contributed by atoms with Crippen molar-refractivity contribution in [3.05, 3.63) is 18.3 Å². The van der Waals surface area contributed by atoms with Crippen molar-refractivity contribution in [3.63, 3.8) is 0 Å². The number of nitrogen functional groups attached to an aromatic ring is 1. The molecule has 0 bridgehead atoms. The number of ether oxygens (including phenoxy) is 1. The van der Waals surface area contributed by atoms with Crippen LogP contribution in [-0.4, -0.2) is 33.8 Å². The first-order valence-corrected chi connectivity index (χ1v) is 3.25. The monoisotopic (exact) mass is 154 g/mol. The van der Waals surface area contributed by atoms with Gasteiger partial charge in [-0.2, -0.15) is 0 Å². The van der Waals surface area contributed by atoms with E-state index >= 15 is 0 Å². The summed E-state index contributed by atoms with van der Waals surface area (Å²) in [5, 5.41) is -1.75. The first kappa shape index (κ1) is 9.04. The van der Waals surface area contributed by atoms with Crippen molar-refractivity contribution in [2.75, 3.05) is 5.73 Å². The highest BCUT2D eigenvalue weighted by molar-refractivity contribution is 6.58. The Hall–Kier alpha value is -1.06. The topological polar surface area (TPSA) is 48.1 Å². The normalized spacial score (nSPS) is 11.0. The van der Waals surface area contributed by atoms with Crippen LogP contribution in [0, 0.1) is 0 Å². The summed E-state index contributed by atoms with van der Waals surface area (Å²) >= 11 is 0. The average Bonchev–Trinajstić information content (AvgIpc) is 1.91. The van der Waals surface area contributed by atoms with Gasteiger partial charge >= 0.3 is 0 Å². The molecule has 0 spiro atoms. The van der Waals surface area contributed by atoms with Gasteiger partial charge in [0.05, 0.1) is 5.69 Å². The van der Waals surface area contributed by atoms with Gasteiger partial charge in [0.1, 0.15) is 23.5 Å². The molecule has 54 valence electrons. The highest BCUT2D eigenvalue weighted by Gasteiger charge is 2.12. The van der Waals surface area contributed by atoms with Crippen molar-refractivity contribution >= 4 is 29.2 Å². The third kappa shape index (κ3) is 2.53. The third-order valence-corrected chi connectivity index (χ3v) is 1.07. The number of rotatable bonds is 2. The quantitative estimate of drug-likeness (QED) is 0.564. The fraction of sp³-hybridized carbons (Fsp3) is 0.167. The highest BCUT2D eigenvalue weighted by Crippen LogP contribution is 2.18. The summed E-state index contributed by atoms with van der Waals surface area (Å²) in [6.07, 6.45) is 1.50. The molecule has 0 saturated heterocycles. The maximum atomic E-state index is 5.47. The van der Waals surface area contributed by atoms with Gasteiger partial charge in [0.25, 0.3) is 0 Å². The predicted octanol–water partition coefficient (Wildman–Crippen LogP) is -0.841. The van der Waals surface area contributed by atoms with Crippen molar-refractivity contribution in [1.29, 1.82) is 0 Å². The molecule has 6 heteroatoms. The number of aromatic nitrogens is 1. The summed E-state index contributed by atoms with van der Waals surface area (Å²) in [5.41, 5.74) is 5.81. The summed E-state index contributed by atoms with van der Waals surface area (Å²) in [6.45, 7) is 0. The first-order valence-electron chi connectivity index (χ1n) is 3.25. The number of pyridine rings is 1. The summed E-state index contributed by atoms with van der Waals surface area (Å²) in [4.78, 5) is 3.78. The molecule has 6 radical (unpaired) electrons. The zero-order valence-electron chi connectivity index (χ0n) is 6.40. The van der Waals surface area contributed by atoms with Gasteiger partial charge in [-0.3, -0.25) is 0 Å². The molecule has 0 aliphatic heterocycles. The Balaban J connectivity index is 2.83. The van der Waals surface area contributed by atoms with Crippen LogP contribution >= 0.6 is 0 Å². The molecule has 0 aromatic carbocycles. The lowest BCUT2D eigenvalue weighted by molar-refractivity contribution is 0.307. The molecule has 1 aromatic heterocycles. The van der Waals surface area contributed by atoms with E-state index in [9.17, 15) is 0 Å². The smallest absolute Gasteiger partial charge is 0.235 e. The van der Waals surface area contributed by atoms with Crippen molar-refractivity contribution in [1.82, 2.24) is 4.98 Å². The van der Waals surface area contributed by atoms with Crippen molar-refractivity contribution in [3.8, 4) is 5.88 Å². The molecule has 0 atom stereocenters. The molecule has 3 nitrogen and oxygen atoms in total. The standard InChI is InChI=1S/C6H5B3N2O/c7-6(8,9)12-5-4(10)2-1-3-11-5/h1-3H,10H2. The minimum absolute atomic E-state index is 0.130. The van der Waals surface area contributed by atoms with Crippen LogP contribution in [0.4, 0.5) is 5.69 Å². The zero-order valence-corrected chi connectivity index (χ0v) is 6.40. The molecular weight excluding hydrogens is 149 g/mol. The van der Waals surface area contributed by atoms with Crippen LogP contribution in [0.25, 0.3) is 0 Å². The van der Waals surface area contributed by atoms with E-state index < -0.39 is 5.30 Å². The highest BCUT2D eigenvalue weighted by atomic mass is 16.5. The molecule has 0 aliphatic carbocycles. The summed E-state index contributed by atoms with van der Waals surface area (Å²) in [6, 6.07) is 3.27. The fourth-order valence-electron chi connectivity index (χ4n) is 0.656. The molecular formula is C6H5B3N2O. The molecule has 0 unspecified atom stereocenters. The first-order chi connectivity index (χ1) is 5.49. The van der Waals surface area contributed by atoms with Crippen LogP contribution < -0.4 is 10.5 Å². The van der Waals surface area contributed by atoms with Gasteiger partial charge < -0.3 is 10.5 Å². The lowest BCUT2D eigenvalue weighted by atomic mass is 9.52. The second-order valence-corrected chi connectivity index (χ2v) is 2.35. The minimum Gasteiger partial charge on any atom is -0.499 e. The van der Waals surface area contributed by atoms with Crippen LogP contribution in [0.3, 0.4) is 0 Å². The average molecular weight is 154 g/mol. The second-order valence-electron chi connectivity index (χ2n) is 2.35. The molecule has 0 amide bonds. The van der Waals surface area contributed by atoms with Crippen molar-refractivity contribution in [2.24, 2.45) is 0 Å². The molecule has 1 heterocycles. The van der Waals surface area contributed by atoms with Gasteiger partial charge in [0, 0.05) is 6.20 Å². The van der Waals surface area contributed by atoms with Gasteiger partial charge in [-0.05, 0) is 17.4 Å². The van der Waals surface area contributed by atoms with E-state index in [4.69, 9.17) is 34.0 Å². The number of anilines is 1. The van der Waals surface area contributed by atoms with Gasteiger partial charge in [-0.1, -0.05) is 0 Å². The van der Waals surface area contributed by atoms with E-state index in [-0.39, 0.29) is 5.88 Å². The van der Waals surface area contributed by atoms with Crippen LogP contribution in [0.5, 0.6) is 5.88 Å². The zero-order chi connectivity index (χ0) is 9.19. The molecule has 1 aromatic rings. The van der Waals surface area contributed by atoms with Crippen LogP contribution in [-0.2, 0) is 0 Å². The molecule has 0 fully saturated rings. The number of hydrogen-bond donors (Lipinski definition) is 1. The maximum absolute atomic E-state index is 5.47. The SMILES string of the molecule is [B]C([B])([B])Oc1ncccc1N. The van der Waals surface area contributed by atoms with Gasteiger partial charge in [-0.15, -0.1) is 0 Å². The maximum Gasteiger partial charge on any atom is 0.235 e. The summed E-state index contributed by atoms with van der Waals surface area (Å²) < 4.78 is 4.83. The van der Waals surface area contributed by atoms with Crippen LogP contribution in [0.2, 0.25) is 0 Å². The van der Waals surface area contributed by atoms with Gasteiger partial charge in [-0.25, -0.2) is 4.98 Å². The fourth-order valence-corrected chi connectivity index (χ4v) is 0.656. The Labute approximate surface area is 74.9 Å². The lowest BCUT2D eigenvalue weighted by Gasteiger charge is -2.22. The second kappa shape index (κ2) is 3.13. The van der Waals surface area contributed by atoms with E-state index in [1.807, 2.05) is 0 Å². The third-order valence-electron chi connectivity index (χ3n) is 1.07. The van der Waals surface area contributed by atoms with E-state index in [2.05, 4.69) is 4.98 Å². The molecule has 0 aliphatic rings. The molecule has 1 rings (SSSR count). The predicted molar refractivity (Wildman–Crippen MR) is 49.3 cm³/mol. The number of nitrogens with two attached hydrogens (primary N) is 1. The Morgan fingerprint density at radius 2 is 2.08 bits per heavy atom. The van der Waals surface area contributed by atoms with E-state index in [0.717, 1.165) is 0 Å². The van der Waals surface area contributed by atoms with E-state index in [0.29, 0.717) is 5.69 Å². The Kier molecular flexibility index (Phi) is 2.36. The molecule has 12 heavy (non-hydrogen) atoms. The van der Waals surface area contributed by atoms with Gasteiger partial charge in [0.15, 0.2) is 0 Å². The van der Waals surface area contributed by atoms with Crippen molar-refractivity contribution in [2.45, 2.75) is 5.30 Å². The molecule has 2 N–H and O–H groups in total. The number of hydrogen-bond acceptors (Lipinski definition) is 3. The van der Waals surface area contributed by atoms with Crippen LogP contribution in [0.15, 0.2) is 18.3 Å². The Morgan fingerprint density at radius 3 is 2.58 bits per heavy atom. The molecule has 0 saturated carbocycles.